The fourth-order valence-electron chi connectivity index (χ4n) is 4.87. The third kappa shape index (κ3) is 5.23. The molecule has 2 aromatic heterocycles. The molecule has 4 aromatic rings. The first kappa shape index (κ1) is 24.6. The Morgan fingerprint density at radius 2 is 1.76 bits per heavy atom. The van der Waals surface area contributed by atoms with Crippen molar-refractivity contribution >= 4 is 17.4 Å². The van der Waals surface area contributed by atoms with Gasteiger partial charge in [-0.05, 0) is 38.8 Å². The highest BCUT2D eigenvalue weighted by atomic mass is 16.5. The summed E-state index contributed by atoms with van der Waals surface area (Å²) in [5.74, 6) is 2.50. The summed E-state index contributed by atoms with van der Waals surface area (Å²) in [6.07, 6.45) is 1.56. The summed E-state index contributed by atoms with van der Waals surface area (Å²) >= 11 is 0. The summed E-state index contributed by atoms with van der Waals surface area (Å²) < 4.78 is 12.6. The molecule has 192 valence electrons. The highest BCUT2D eigenvalue weighted by Gasteiger charge is 2.27. The third-order valence-corrected chi connectivity index (χ3v) is 7.02. The fraction of sp³-hybridized carbons (Fsp3) is 0.345. The summed E-state index contributed by atoms with van der Waals surface area (Å²) in [5, 5.41) is 7.98. The molecule has 37 heavy (non-hydrogen) atoms. The Balaban J connectivity index is 1.26. The molecule has 1 aliphatic rings. The average Bonchev–Trinajstić information content (AvgIpc) is 3.35. The molecule has 1 N–H and O–H groups in total. The van der Waals surface area contributed by atoms with E-state index in [1.165, 1.54) is 5.56 Å². The summed E-state index contributed by atoms with van der Waals surface area (Å²) in [5.41, 5.74) is 5.90. The predicted octanol–water partition coefficient (Wildman–Crippen LogP) is 4.56. The molecule has 1 amide bonds. The number of hydrogen-bond acceptors (Lipinski definition) is 6. The van der Waals surface area contributed by atoms with Crippen molar-refractivity contribution in [1.82, 2.24) is 19.9 Å². The summed E-state index contributed by atoms with van der Waals surface area (Å²) in [4.78, 5) is 20.0. The van der Waals surface area contributed by atoms with Crippen molar-refractivity contribution < 1.29 is 14.3 Å². The van der Waals surface area contributed by atoms with Gasteiger partial charge in [-0.25, -0.2) is 4.98 Å². The Hall–Kier alpha value is -4.07. The second-order valence-electron chi connectivity index (χ2n) is 9.58. The number of rotatable bonds is 7. The minimum absolute atomic E-state index is 0.0281. The second kappa shape index (κ2) is 10.5. The van der Waals surface area contributed by atoms with Crippen LogP contribution in [0.3, 0.4) is 0 Å². The maximum Gasteiger partial charge on any atom is 0.223 e. The number of carbonyl (C=O) groups excluding carboxylic acids is 1. The Labute approximate surface area is 217 Å². The largest absolute Gasteiger partial charge is 0.497 e. The normalized spacial score (nSPS) is 14.1. The van der Waals surface area contributed by atoms with Crippen LogP contribution in [0.4, 0.5) is 5.82 Å². The standard InChI is InChI=1S/C29H33N5O3/c1-19-5-7-21(8-6-19)25-17-27-31-20(2)15-28(34(27)32-25)33-13-11-22(12-14-33)29(35)30-18-23-9-10-24(36-3)16-26(23)37-4/h5-10,15-17,22H,11-14,18H2,1-4H3,(H,30,35). The van der Waals surface area contributed by atoms with Gasteiger partial charge < -0.3 is 19.7 Å². The quantitative estimate of drug-likeness (QED) is 0.401. The van der Waals surface area contributed by atoms with E-state index in [0.29, 0.717) is 12.3 Å². The van der Waals surface area contributed by atoms with Crippen LogP contribution in [0.1, 0.15) is 29.7 Å². The maximum atomic E-state index is 13.0. The van der Waals surface area contributed by atoms with Crippen molar-refractivity contribution in [3.8, 4) is 22.8 Å². The molecular weight excluding hydrogens is 466 g/mol. The molecule has 8 heteroatoms. The van der Waals surface area contributed by atoms with E-state index in [1.807, 2.05) is 35.7 Å². The van der Waals surface area contributed by atoms with E-state index in [4.69, 9.17) is 19.6 Å². The van der Waals surface area contributed by atoms with Crippen LogP contribution in [-0.2, 0) is 11.3 Å². The van der Waals surface area contributed by atoms with E-state index in [9.17, 15) is 4.79 Å². The van der Waals surface area contributed by atoms with Gasteiger partial charge in [-0.2, -0.15) is 9.61 Å². The highest BCUT2D eigenvalue weighted by Crippen LogP contribution is 2.28. The third-order valence-electron chi connectivity index (χ3n) is 7.02. The lowest BCUT2D eigenvalue weighted by molar-refractivity contribution is -0.125. The predicted molar refractivity (Wildman–Crippen MR) is 144 cm³/mol. The second-order valence-corrected chi connectivity index (χ2v) is 9.58. The van der Waals surface area contributed by atoms with Crippen molar-refractivity contribution in [2.24, 2.45) is 5.92 Å². The van der Waals surface area contributed by atoms with Gasteiger partial charge in [0.05, 0.1) is 19.9 Å². The summed E-state index contributed by atoms with van der Waals surface area (Å²) in [7, 11) is 3.24. The van der Waals surface area contributed by atoms with E-state index >= 15 is 0 Å². The van der Waals surface area contributed by atoms with Gasteiger partial charge in [-0.1, -0.05) is 29.8 Å². The fourth-order valence-corrected chi connectivity index (χ4v) is 4.87. The average molecular weight is 500 g/mol. The number of nitrogens with zero attached hydrogens (tertiary/aromatic N) is 4. The van der Waals surface area contributed by atoms with Gasteiger partial charge in [-0.15, -0.1) is 0 Å². The van der Waals surface area contributed by atoms with Crippen molar-refractivity contribution in [3.05, 3.63) is 71.4 Å². The molecule has 0 bridgehead atoms. The van der Waals surface area contributed by atoms with Crippen LogP contribution in [0.2, 0.25) is 0 Å². The molecule has 5 rings (SSSR count). The molecule has 0 radical (unpaired) electrons. The Morgan fingerprint density at radius 3 is 2.46 bits per heavy atom. The Kier molecular flexibility index (Phi) is 6.99. The first-order chi connectivity index (χ1) is 17.9. The maximum absolute atomic E-state index is 13.0. The van der Waals surface area contributed by atoms with Crippen LogP contribution < -0.4 is 19.7 Å². The number of benzene rings is 2. The zero-order chi connectivity index (χ0) is 25.9. The Bertz CT molecular complexity index is 1410. The molecule has 1 aliphatic heterocycles. The zero-order valence-corrected chi connectivity index (χ0v) is 21.8. The lowest BCUT2D eigenvalue weighted by atomic mass is 9.95. The van der Waals surface area contributed by atoms with Gasteiger partial charge in [0.25, 0.3) is 0 Å². The number of nitrogens with one attached hydrogen (secondary N) is 1. The molecule has 3 heterocycles. The number of hydrogen-bond donors (Lipinski definition) is 1. The number of fused-ring (bicyclic) bond motifs is 1. The van der Waals surface area contributed by atoms with Gasteiger partial charge in [0.2, 0.25) is 5.91 Å². The number of anilines is 1. The van der Waals surface area contributed by atoms with Crippen LogP contribution in [0.15, 0.2) is 54.6 Å². The van der Waals surface area contributed by atoms with Crippen molar-refractivity contribution in [2.75, 3.05) is 32.2 Å². The monoisotopic (exact) mass is 499 g/mol. The lowest BCUT2D eigenvalue weighted by Crippen LogP contribution is -2.41. The molecule has 0 spiro atoms. The van der Waals surface area contributed by atoms with Crippen molar-refractivity contribution in [2.45, 2.75) is 33.2 Å². The highest BCUT2D eigenvalue weighted by molar-refractivity contribution is 5.79. The summed E-state index contributed by atoms with van der Waals surface area (Å²) in [6.45, 7) is 6.07. The number of carbonyl (C=O) groups is 1. The van der Waals surface area contributed by atoms with Crippen LogP contribution >= 0.6 is 0 Å². The van der Waals surface area contributed by atoms with E-state index in [2.05, 4.69) is 47.5 Å². The topological polar surface area (TPSA) is 81.0 Å². The van der Waals surface area contributed by atoms with Crippen LogP contribution in [0.5, 0.6) is 11.5 Å². The summed E-state index contributed by atoms with van der Waals surface area (Å²) in [6, 6.07) is 18.1. The van der Waals surface area contributed by atoms with Crippen LogP contribution in [0.25, 0.3) is 16.9 Å². The Morgan fingerprint density at radius 1 is 1.00 bits per heavy atom. The van der Waals surface area contributed by atoms with Crippen LogP contribution in [0, 0.1) is 19.8 Å². The molecule has 0 saturated carbocycles. The first-order valence-electron chi connectivity index (χ1n) is 12.6. The molecule has 0 aliphatic carbocycles. The number of methoxy groups -OCH3 is 2. The molecule has 1 saturated heterocycles. The molecular formula is C29H33N5O3. The van der Waals surface area contributed by atoms with Crippen molar-refractivity contribution in [1.29, 1.82) is 0 Å². The molecule has 8 nitrogen and oxygen atoms in total. The van der Waals surface area contributed by atoms with Gasteiger partial charge in [0.15, 0.2) is 5.65 Å². The minimum Gasteiger partial charge on any atom is -0.497 e. The van der Waals surface area contributed by atoms with E-state index in [-0.39, 0.29) is 11.8 Å². The SMILES string of the molecule is COc1ccc(CNC(=O)C2CCN(c3cc(C)nc4cc(-c5ccc(C)cc5)nn34)CC2)c(OC)c1. The van der Waals surface area contributed by atoms with Gasteiger partial charge in [0, 0.05) is 60.6 Å². The number of amides is 1. The molecule has 1 fully saturated rings. The number of aromatic nitrogens is 3. The smallest absolute Gasteiger partial charge is 0.223 e. The van der Waals surface area contributed by atoms with Crippen molar-refractivity contribution in [3.63, 3.8) is 0 Å². The number of aryl methyl sites for hydroxylation is 2. The number of ether oxygens (including phenoxy) is 2. The van der Waals surface area contributed by atoms with Gasteiger partial charge >= 0.3 is 0 Å². The van der Waals surface area contributed by atoms with E-state index in [1.54, 1.807) is 14.2 Å². The number of piperidine rings is 1. The van der Waals surface area contributed by atoms with E-state index in [0.717, 1.165) is 65.7 Å². The molecule has 0 unspecified atom stereocenters. The van der Waals surface area contributed by atoms with Gasteiger partial charge in [0.1, 0.15) is 17.3 Å². The van der Waals surface area contributed by atoms with Crippen LogP contribution in [-0.4, -0.2) is 47.8 Å². The zero-order valence-electron chi connectivity index (χ0n) is 21.8. The first-order valence-corrected chi connectivity index (χ1v) is 12.6. The lowest BCUT2D eigenvalue weighted by Gasteiger charge is -2.33. The van der Waals surface area contributed by atoms with E-state index < -0.39 is 0 Å². The molecule has 2 aromatic carbocycles. The van der Waals surface area contributed by atoms with Gasteiger partial charge in [-0.3, -0.25) is 4.79 Å². The molecule has 0 atom stereocenters. The minimum atomic E-state index is -0.0281.